The number of amides is 3. The molecule has 0 bridgehead atoms. The Morgan fingerprint density at radius 2 is 2.00 bits per heavy atom. The van der Waals surface area contributed by atoms with Crippen LogP contribution in [0.4, 0.5) is 4.79 Å². The van der Waals surface area contributed by atoms with Crippen molar-refractivity contribution in [2.24, 2.45) is 11.7 Å². The van der Waals surface area contributed by atoms with Crippen LogP contribution in [0.2, 0.25) is 0 Å². The zero-order valence-electron chi connectivity index (χ0n) is 11.1. The number of carbonyl (C=O) groups excluding carboxylic acids is 2. The molecule has 0 radical (unpaired) electrons. The highest BCUT2D eigenvalue weighted by atomic mass is 32.2. The second-order valence-electron chi connectivity index (χ2n) is 4.31. The summed E-state index contributed by atoms with van der Waals surface area (Å²) in [6.07, 6.45) is 1.87. The van der Waals surface area contributed by atoms with Gasteiger partial charge in [0.2, 0.25) is 5.91 Å². The van der Waals surface area contributed by atoms with Crippen LogP contribution in [0.3, 0.4) is 0 Å². The van der Waals surface area contributed by atoms with E-state index in [-0.39, 0.29) is 12.8 Å². The molecule has 110 valence electrons. The third-order valence-electron chi connectivity index (χ3n) is 2.35. The first kappa shape index (κ1) is 17.6. The first-order valence-corrected chi connectivity index (χ1v) is 7.30. The van der Waals surface area contributed by atoms with E-state index in [2.05, 4.69) is 10.6 Å². The van der Waals surface area contributed by atoms with Gasteiger partial charge in [-0.3, -0.25) is 4.79 Å². The predicted molar refractivity (Wildman–Crippen MR) is 73.9 cm³/mol. The Bertz CT molecular complexity index is 325. The fourth-order valence-electron chi connectivity index (χ4n) is 1.36. The van der Waals surface area contributed by atoms with Crippen LogP contribution in [-0.2, 0) is 9.59 Å². The zero-order chi connectivity index (χ0) is 14.8. The number of rotatable bonds is 9. The molecule has 2 atom stereocenters. The van der Waals surface area contributed by atoms with Crippen LogP contribution in [-0.4, -0.2) is 47.6 Å². The Morgan fingerprint density at radius 3 is 2.47 bits per heavy atom. The Morgan fingerprint density at radius 1 is 1.37 bits per heavy atom. The monoisotopic (exact) mass is 291 g/mol. The SMILES string of the molecule is CSCC(C)CNC(=O)N[C@H](CCC(N)=O)C(=O)O. The third kappa shape index (κ3) is 9.18. The minimum atomic E-state index is -1.19. The van der Waals surface area contributed by atoms with Gasteiger partial charge in [-0.05, 0) is 24.3 Å². The van der Waals surface area contributed by atoms with Gasteiger partial charge in [0.25, 0.3) is 0 Å². The fourth-order valence-corrected chi connectivity index (χ4v) is 2.05. The van der Waals surface area contributed by atoms with Crippen LogP contribution in [0, 0.1) is 5.92 Å². The van der Waals surface area contributed by atoms with Crippen LogP contribution >= 0.6 is 11.8 Å². The van der Waals surface area contributed by atoms with Crippen molar-refractivity contribution < 1.29 is 19.5 Å². The van der Waals surface area contributed by atoms with Crippen molar-refractivity contribution in [1.29, 1.82) is 0 Å². The van der Waals surface area contributed by atoms with Gasteiger partial charge in [0.15, 0.2) is 0 Å². The average molecular weight is 291 g/mol. The van der Waals surface area contributed by atoms with Crippen molar-refractivity contribution in [3.8, 4) is 0 Å². The van der Waals surface area contributed by atoms with E-state index < -0.39 is 23.9 Å². The molecule has 0 saturated carbocycles. The second kappa shape index (κ2) is 9.48. The molecule has 1 unspecified atom stereocenters. The molecule has 0 aromatic rings. The largest absolute Gasteiger partial charge is 0.480 e. The Kier molecular flexibility index (Phi) is 8.77. The summed E-state index contributed by atoms with van der Waals surface area (Å²) in [5.74, 6) is -0.574. The summed E-state index contributed by atoms with van der Waals surface area (Å²) in [4.78, 5) is 33.0. The highest BCUT2D eigenvalue weighted by Crippen LogP contribution is 2.02. The van der Waals surface area contributed by atoms with Gasteiger partial charge < -0.3 is 21.5 Å². The molecular weight excluding hydrogens is 270 g/mol. The van der Waals surface area contributed by atoms with E-state index in [0.717, 1.165) is 5.75 Å². The summed E-state index contributed by atoms with van der Waals surface area (Å²) in [7, 11) is 0. The molecular formula is C11H21N3O4S. The number of thioether (sulfide) groups is 1. The molecule has 0 fully saturated rings. The van der Waals surface area contributed by atoms with E-state index in [1.807, 2.05) is 13.2 Å². The van der Waals surface area contributed by atoms with E-state index in [4.69, 9.17) is 10.8 Å². The van der Waals surface area contributed by atoms with E-state index >= 15 is 0 Å². The Hall–Kier alpha value is -1.44. The standard InChI is InChI=1S/C11H21N3O4S/c1-7(6-19-2)5-13-11(18)14-8(10(16)17)3-4-9(12)15/h7-8H,3-6H2,1-2H3,(H2,12,15)(H,16,17)(H2,13,14,18)/t7?,8-/m1/s1. The van der Waals surface area contributed by atoms with Crippen molar-refractivity contribution >= 4 is 29.7 Å². The van der Waals surface area contributed by atoms with Gasteiger partial charge in [0.1, 0.15) is 6.04 Å². The van der Waals surface area contributed by atoms with Crippen LogP contribution < -0.4 is 16.4 Å². The van der Waals surface area contributed by atoms with Crippen molar-refractivity contribution in [1.82, 2.24) is 10.6 Å². The molecule has 5 N–H and O–H groups in total. The number of urea groups is 1. The number of hydrogen-bond donors (Lipinski definition) is 4. The molecule has 0 heterocycles. The highest BCUT2D eigenvalue weighted by Gasteiger charge is 2.20. The predicted octanol–water partition coefficient (Wildman–Crippen LogP) is 0.00340. The summed E-state index contributed by atoms with van der Waals surface area (Å²) >= 11 is 1.67. The Balaban J connectivity index is 4.10. The van der Waals surface area contributed by atoms with E-state index in [1.54, 1.807) is 11.8 Å². The summed E-state index contributed by atoms with van der Waals surface area (Å²) in [5.41, 5.74) is 4.94. The number of nitrogens with two attached hydrogens (primary N) is 1. The number of hydrogen-bond acceptors (Lipinski definition) is 4. The molecule has 0 aromatic heterocycles. The average Bonchev–Trinajstić information content (AvgIpc) is 2.31. The molecule has 0 aromatic carbocycles. The van der Waals surface area contributed by atoms with Crippen molar-refractivity contribution in [3.05, 3.63) is 0 Å². The minimum Gasteiger partial charge on any atom is -0.480 e. The van der Waals surface area contributed by atoms with Crippen molar-refractivity contribution in [2.45, 2.75) is 25.8 Å². The second-order valence-corrected chi connectivity index (χ2v) is 5.22. The quantitative estimate of drug-likeness (QED) is 0.476. The van der Waals surface area contributed by atoms with Crippen molar-refractivity contribution in [3.63, 3.8) is 0 Å². The van der Waals surface area contributed by atoms with E-state index in [1.165, 1.54) is 0 Å². The molecule has 0 aliphatic rings. The van der Waals surface area contributed by atoms with Gasteiger partial charge in [-0.25, -0.2) is 9.59 Å². The number of carbonyl (C=O) groups is 3. The van der Waals surface area contributed by atoms with Gasteiger partial charge in [-0.1, -0.05) is 6.92 Å². The van der Waals surface area contributed by atoms with Gasteiger partial charge >= 0.3 is 12.0 Å². The third-order valence-corrected chi connectivity index (χ3v) is 3.25. The number of aliphatic carboxylic acids is 1. The number of carboxylic acid groups (broad SMARTS) is 1. The highest BCUT2D eigenvalue weighted by molar-refractivity contribution is 7.98. The van der Waals surface area contributed by atoms with E-state index in [9.17, 15) is 14.4 Å². The molecule has 0 rings (SSSR count). The van der Waals surface area contributed by atoms with E-state index in [0.29, 0.717) is 12.5 Å². The first-order valence-electron chi connectivity index (χ1n) is 5.91. The zero-order valence-corrected chi connectivity index (χ0v) is 12.0. The van der Waals surface area contributed by atoms with Crippen LogP contribution in [0.25, 0.3) is 0 Å². The summed E-state index contributed by atoms with van der Waals surface area (Å²) in [6, 6.07) is -1.66. The number of carboxylic acids is 1. The molecule has 7 nitrogen and oxygen atoms in total. The van der Waals surface area contributed by atoms with Crippen molar-refractivity contribution in [2.75, 3.05) is 18.6 Å². The lowest BCUT2D eigenvalue weighted by molar-refractivity contribution is -0.139. The molecule has 0 aliphatic heterocycles. The van der Waals surface area contributed by atoms with Crippen LogP contribution in [0.5, 0.6) is 0 Å². The lowest BCUT2D eigenvalue weighted by Gasteiger charge is -2.16. The van der Waals surface area contributed by atoms with Gasteiger partial charge in [-0.2, -0.15) is 11.8 Å². The summed E-state index contributed by atoms with van der Waals surface area (Å²) in [6.45, 7) is 2.45. The summed E-state index contributed by atoms with van der Waals surface area (Å²) < 4.78 is 0. The lowest BCUT2D eigenvalue weighted by atomic mass is 10.1. The molecule has 0 spiro atoms. The minimum absolute atomic E-state index is 0.0154. The summed E-state index contributed by atoms with van der Waals surface area (Å²) in [5, 5.41) is 13.8. The fraction of sp³-hybridized carbons (Fsp3) is 0.727. The smallest absolute Gasteiger partial charge is 0.326 e. The molecule has 3 amide bonds. The maximum absolute atomic E-state index is 11.5. The van der Waals surface area contributed by atoms with Gasteiger partial charge in [0, 0.05) is 13.0 Å². The molecule has 0 saturated heterocycles. The molecule has 0 aliphatic carbocycles. The lowest BCUT2D eigenvalue weighted by Crippen LogP contribution is -2.47. The maximum Gasteiger partial charge on any atom is 0.326 e. The van der Waals surface area contributed by atoms with Gasteiger partial charge in [-0.15, -0.1) is 0 Å². The molecule has 8 heteroatoms. The molecule has 19 heavy (non-hydrogen) atoms. The topological polar surface area (TPSA) is 122 Å². The van der Waals surface area contributed by atoms with Crippen LogP contribution in [0.1, 0.15) is 19.8 Å². The van der Waals surface area contributed by atoms with Gasteiger partial charge in [0.05, 0.1) is 0 Å². The first-order chi connectivity index (χ1) is 8.86. The normalized spacial score (nSPS) is 13.4. The van der Waals surface area contributed by atoms with Crippen LogP contribution in [0.15, 0.2) is 0 Å². The number of nitrogens with one attached hydrogen (secondary N) is 2. The maximum atomic E-state index is 11.5. The number of primary amides is 1. The Labute approximate surface area is 116 Å².